The molecule has 1 aromatic carbocycles. The molecule has 0 aliphatic carbocycles. The van der Waals surface area contributed by atoms with Crippen LogP contribution in [0.2, 0.25) is 0 Å². The molecule has 0 aliphatic heterocycles. The zero-order valence-corrected chi connectivity index (χ0v) is 15.7. The molecular formula is C16H18BrF2N3OS. The van der Waals surface area contributed by atoms with Gasteiger partial charge >= 0.3 is 0 Å². The Morgan fingerprint density at radius 2 is 1.92 bits per heavy atom. The van der Waals surface area contributed by atoms with Gasteiger partial charge in [-0.3, -0.25) is 5.14 Å². The second-order valence-corrected chi connectivity index (χ2v) is 8.75. The van der Waals surface area contributed by atoms with E-state index in [-0.39, 0.29) is 5.92 Å². The van der Waals surface area contributed by atoms with Gasteiger partial charge in [0, 0.05) is 18.2 Å². The fourth-order valence-electron chi connectivity index (χ4n) is 2.58. The van der Waals surface area contributed by atoms with E-state index in [9.17, 15) is 13.0 Å². The van der Waals surface area contributed by atoms with Gasteiger partial charge in [-0.05, 0) is 60.3 Å². The maximum Gasteiger partial charge on any atom is 0.126 e. The van der Waals surface area contributed by atoms with E-state index in [1.807, 2.05) is 0 Å². The van der Waals surface area contributed by atoms with Crippen LogP contribution in [0.1, 0.15) is 37.4 Å². The first kappa shape index (κ1) is 19.1. The zero-order chi connectivity index (χ0) is 17.9. The summed E-state index contributed by atoms with van der Waals surface area (Å²) in [6.45, 7) is 3.58. The van der Waals surface area contributed by atoms with Crippen LogP contribution >= 0.6 is 15.9 Å². The number of benzene rings is 1. The van der Waals surface area contributed by atoms with Gasteiger partial charge in [0.15, 0.2) is 0 Å². The molecule has 0 saturated heterocycles. The molecule has 1 aromatic heterocycles. The van der Waals surface area contributed by atoms with Crippen molar-refractivity contribution in [2.45, 2.75) is 37.4 Å². The van der Waals surface area contributed by atoms with Gasteiger partial charge in [-0.25, -0.2) is 23.0 Å². The highest BCUT2D eigenvalue weighted by atomic mass is 79.9. The van der Waals surface area contributed by atoms with Crippen LogP contribution in [0.25, 0.3) is 0 Å². The maximum atomic E-state index is 13.5. The van der Waals surface area contributed by atoms with E-state index in [4.69, 9.17) is 5.14 Å². The third-order valence-corrected chi connectivity index (χ3v) is 5.64. The largest absolute Gasteiger partial charge is 0.251 e. The van der Waals surface area contributed by atoms with Crippen LogP contribution in [-0.2, 0) is 17.4 Å². The Labute approximate surface area is 150 Å². The van der Waals surface area contributed by atoms with Crippen molar-refractivity contribution in [1.82, 2.24) is 9.97 Å². The van der Waals surface area contributed by atoms with Gasteiger partial charge in [-0.2, -0.15) is 0 Å². The SMILES string of the molecule is CC(C)(C[C@H](Cc1cc(F)cc(F)c1)c1ncncc1Br)S(N)=O. The molecule has 2 rings (SSSR count). The van der Waals surface area contributed by atoms with Crippen LogP contribution in [0.3, 0.4) is 0 Å². The van der Waals surface area contributed by atoms with Crippen molar-refractivity contribution < 1.29 is 13.0 Å². The van der Waals surface area contributed by atoms with Gasteiger partial charge in [0.1, 0.15) is 18.0 Å². The first-order chi connectivity index (χ1) is 11.2. The van der Waals surface area contributed by atoms with Gasteiger partial charge in [0.2, 0.25) is 0 Å². The Morgan fingerprint density at radius 3 is 2.46 bits per heavy atom. The third-order valence-electron chi connectivity index (χ3n) is 3.77. The number of rotatable bonds is 6. The van der Waals surface area contributed by atoms with Crippen molar-refractivity contribution in [1.29, 1.82) is 0 Å². The van der Waals surface area contributed by atoms with E-state index in [0.29, 0.717) is 28.6 Å². The lowest BCUT2D eigenvalue weighted by Gasteiger charge is -2.27. The molecule has 1 heterocycles. The average molecular weight is 418 g/mol. The fraction of sp³-hybridized carbons (Fsp3) is 0.375. The highest BCUT2D eigenvalue weighted by Gasteiger charge is 2.30. The van der Waals surface area contributed by atoms with Crippen molar-refractivity contribution in [3.8, 4) is 0 Å². The minimum atomic E-state index is -1.55. The topological polar surface area (TPSA) is 68.9 Å². The number of hydrogen-bond donors (Lipinski definition) is 1. The molecule has 0 radical (unpaired) electrons. The summed E-state index contributed by atoms with van der Waals surface area (Å²) in [6.07, 6.45) is 3.79. The van der Waals surface area contributed by atoms with Gasteiger partial charge in [-0.1, -0.05) is 0 Å². The van der Waals surface area contributed by atoms with Gasteiger partial charge in [0.25, 0.3) is 0 Å². The minimum absolute atomic E-state index is 0.230. The molecule has 0 amide bonds. The number of nitrogens with zero attached hydrogens (tertiary/aromatic N) is 2. The molecule has 0 fully saturated rings. The third kappa shape index (κ3) is 4.87. The van der Waals surface area contributed by atoms with Crippen molar-refractivity contribution in [3.05, 3.63) is 58.1 Å². The van der Waals surface area contributed by atoms with Gasteiger partial charge in [0.05, 0.1) is 25.9 Å². The first-order valence-corrected chi connectivity index (χ1v) is 9.26. The number of nitrogens with two attached hydrogens (primary N) is 1. The Hall–Kier alpha value is -1.25. The van der Waals surface area contributed by atoms with Crippen LogP contribution < -0.4 is 5.14 Å². The van der Waals surface area contributed by atoms with Crippen LogP contribution in [0.15, 0.2) is 35.2 Å². The lowest BCUT2D eigenvalue weighted by Crippen LogP contribution is -2.34. The van der Waals surface area contributed by atoms with E-state index in [1.165, 1.54) is 18.5 Å². The summed E-state index contributed by atoms with van der Waals surface area (Å²) >= 11 is 3.40. The highest BCUT2D eigenvalue weighted by Crippen LogP contribution is 2.34. The molecule has 0 saturated carbocycles. The molecule has 1 unspecified atom stereocenters. The molecule has 24 heavy (non-hydrogen) atoms. The molecular weight excluding hydrogens is 400 g/mol. The summed E-state index contributed by atoms with van der Waals surface area (Å²) in [5.74, 6) is -1.49. The number of hydrogen-bond acceptors (Lipinski definition) is 3. The summed E-state index contributed by atoms with van der Waals surface area (Å²) in [7, 11) is -1.55. The lowest BCUT2D eigenvalue weighted by atomic mass is 9.87. The van der Waals surface area contributed by atoms with Crippen molar-refractivity contribution in [2.24, 2.45) is 5.14 Å². The molecule has 0 spiro atoms. The lowest BCUT2D eigenvalue weighted by molar-refractivity contribution is 0.501. The minimum Gasteiger partial charge on any atom is -0.251 e. The fourth-order valence-corrected chi connectivity index (χ4v) is 3.49. The first-order valence-electron chi connectivity index (χ1n) is 7.25. The summed E-state index contributed by atoms with van der Waals surface area (Å²) in [5.41, 5.74) is 1.19. The summed E-state index contributed by atoms with van der Waals surface area (Å²) < 4.78 is 38.8. The summed E-state index contributed by atoms with van der Waals surface area (Å²) in [5, 5.41) is 5.58. The molecule has 0 bridgehead atoms. The maximum absolute atomic E-state index is 13.5. The van der Waals surface area contributed by atoms with Crippen molar-refractivity contribution in [3.63, 3.8) is 0 Å². The van der Waals surface area contributed by atoms with Crippen LogP contribution in [0, 0.1) is 11.6 Å². The molecule has 2 aromatic rings. The van der Waals surface area contributed by atoms with E-state index >= 15 is 0 Å². The Morgan fingerprint density at radius 1 is 1.29 bits per heavy atom. The standard InChI is InChI=1S/C16H18BrF2N3OS/c1-16(2,24(20)23)7-11(15-14(17)8-21-9-22-15)3-10-4-12(18)6-13(19)5-10/h4-6,8-9,11H,3,7,20H2,1-2H3/t11-,24?/m0/s1. The van der Waals surface area contributed by atoms with E-state index < -0.39 is 27.4 Å². The second kappa shape index (κ2) is 7.76. The summed E-state index contributed by atoms with van der Waals surface area (Å²) in [6, 6.07) is 3.41. The van der Waals surface area contributed by atoms with Gasteiger partial charge < -0.3 is 0 Å². The molecule has 0 aliphatic rings. The Balaban J connectivity index is 2.39. The molecule has 4 nitrogen and oxygen atoms in total. The van der Waals surface area contributed by atoms with Crippen LogP contribution in [-0.4, -0.2) is 18.9 Å². The number of aromatic nitrogens is 2. The van der Waals surface area contributed by atoms with E-state index in [0.717, 1.165) is 6.07 Å². The second-order valence-electron chi connectivity index (χ2n) is 6.20. The normalized spacial score (nSPS) is 14.4. The quantitative estimate of drug-likeness (QED) is 0.779. The predicted octanol–water partition coefficient (Wildman–Crippen LogP) is 3.63. The van der Waals surface area contributed by atoms with Gasteiger partial charge in [-0.15, -0.1) is 0 Å². The number of halogens is 3. The van der Waals surface area contributed by atoms with E-state index in [1.54, 1.807) is 20.0 Å². The smallest absolute Gasteiger partial charge is 0.126 e. The van der Waals surface area contributed by atoms with Crippen molar-refractivity contribution in [2.75, 3.05) is 0 Å². The predicted molar refractivity (Wildman–Crippen MR) is 93.6 cm³/mol. The average Bonchev–Trinajstić information content (AvgIpc) is 2.45. The monoisotopic (exact) mass is 417 g/mol. The Kier molecular flexibility index (Phi) is 6.17. The van der Waals surface area contributed by atoms with Crippen molar-refractivity contribution >= 4 is 26.9 Å². The molecule has 130 valence electrons. The Bertz CT molecular complexity index is 738. The highest BCUT2D eigenvalue weighted by molar-refractivity contribution is 9.10. The molecule has 2 atom stereocenters. The molecule has 8 heteroatoms. The van der Waals surface area contributed by atoms with Crippen LogP contribution in [0.5, 0.6) is 0 Å². The van der Waals surface area contributed by atoms with Crippen LogP contribution in [0.4, 0.5) is 8.78 Å². The molecule has 2 N–H and O–H groups in total. The van der Waals surface area contributed by atoms with E-state index in [2.05, 4.69) is 25.9 Å². The zero-order valence-electron chi connectivity index (χ0n) is 13.3. The summed E-state index contributed by atoms with van der Waals surface area (Å²) in [4.78, 5) is 8.21.